The first kappa shape index (κ1) is 16.4. The van der Waals surface area contributed by atoms with Gasteiger partial charge in [-0.15, -0.1) is 0 Å². The fourth-order valence-corrected chi connectivity index (χ4v) is 2.17. The molecule has 2 aromatic heterocycles. The van der Waals surface area contributed by atoms with Gasteiger partial charge in [0.1, 0.15) is 0 Å². The van der Waals surface area contributed by atoms with Crippen molar-refractivity contribution in [2.45, 2.75) is 6.92 Å². The zero-order valence-corrected chi connectivity index (χ0v) is 13.5. The van der Waals surface area contributed by atoms with Crippen LogP contribution in [0.2, 0.25) is 0 Å². The summed E-state index contributed by atoms with van der Waals surface area (Å²) in [7, 11) is 0. The number of nitrogens with zero attached hydrogens (tertiary/aromatic N) is 3. The first-order chi connectivity index (χ1) is 12.2. The standard InChI is InChI=1S/C18H16N4O3/c1-2-25-18(24)13-4-7-15(8-5-13)21-17(23)14-6-9-16(19-12-14)22-11-3-10-20-22/h3-12H,2H2,1H3,(H,21,23). The average Bonchev–Trinajstić information content (AvgIpc) is 3.17. The largest absolute Gasteiger partial charge is 0.462 e. The van der Waals surface area contributed by atoms with E-state index in [0.717, 1.165) is 0 Å². The Bertz CT molecular complexity index is 856. The van der Waals surface area contributed by atoms with Crippen LogP contribution in [0.3, 0.4) is 0 Å². The van der Waals surface area contributed by atoms with E-state index in [0.29, 0.717) is 29.2 Å². The number of ether oxygens (including phenoxy) is 1. The lowest BCUT2D eigenvalue weighted by atomic mass is 10.2. The van der Waals surface area contributed by atoms with Gasteiger partial charge in [-0.25, -0.2) is 14.5 Å². The minimum absolute atomic E-state index is 0.289. The predicted octanol–water partition coefficient (Wildman–Crippen LogP) is 2.70. The Hall–Kier alpha value is -3.48. The van der Waals surface area contributed by atoms with Crippen molar-refractivity contribution in [2.24, 2.45) is 0 Å². The van der Waals surface area contributed by atoms with Crippen molar-refractivity contribution < 1.29 is 14.3 Å². The number of esters is 1. The number of amides is 1. The van der Waals surface area contributed by atoms with Crippen molar-refractivity contribution in [3.8, 4) is 5.82 Å². The van der Waals surface area contributed by atoms with Gasteiger partial charge in [-0.05, 0) is 49.4 Å². The average molecular weight is 336 g/mol. The molecule has 1 N–H and O–H groups in total. The summed E-state index contributed by atoms with van der Waals surface area (Å²) < 4.78 is 6.53. The molecular formula is C18H16N4O3. The minimum atomic E-state index is -0.390. The summed E-state index contributed by atoms with van der Waals surface area (Å²) >= 11 is 0. The van der Waals surface area contributed by atoms with Crippen LogP contribution in [0, 0.1) is 0 Å². The molecule has 0 fully saturated rings. The molecule has 2 heterocycles. The Morgan fingerprint density at radius 1 is 1.12 bits per heavy atom. The van der Waals surface area contributed by atoms with Gasteiger partial charge in [-0.3, -0.25) is 4.79 Å². The Morgan fingerprint density at radius 3 is 2.48 bits per heavy atom. The third-order valence-corrected chi connectivity index (χ3v) is 3.40. The molecule has 0 spiro atoms. The summed E-state index contributed by atoms with van der Waals surface area (Å²) in [5.74, 6) is -0.0532. The smallest absolute Gasteiger partial charge is 0.338 e. The molecule has 25 heavy (non-hydrogen) atoms. The topological polar surface area (TPSA) is 86.1 Å². The maximum atomic E-state index is 12.3. The van der Waals surface area contributed by atoms with Crippen LogP contribution in [0.1, 0.15) is 27.6 Å². The van der Waals surface area contributed by atoms with Crippen LogP contribution in [-0.2, 0) is 4.74 Å². The molecule has 1 amide bonds. The Labute approximate surface area is 144 Å². The summed E-state index contributed by atoms with van der Waals surface area (Å²) in [6, 6.07) is 11.7. The molecule has 0 saturated heterocycles. The van der Waals surface area contributed by atoms with Gasteiger partial charge in [-0.1, -0.05) is 0 Å². The van der Waals surface area contributed by atoms with E-state index in [2.05, 4.69) is 15.4 Å². The first-order valence-corrected chi connectivity index (χ1v) is 7.72. The van der Waals surface area contributed by atoms with Gasteiger partial charge in [0.15, 0.2) is 5.82 Å². The van der Waals surface area contributed by atoms with Crippen LogP contribution in [0.4, 0.5) is 5.69 Å². The highest BCUT2D eigenvalue weighted by Gasteiger charge is 2.09. The molecule has 0 aliphatic heterocycles. The number of carbonyl (C=O) groups excluding carboxylic acids is 2. The number of rotatable bonds is 5. The molecular weight excluding hydrogens is 320 g/mol. The Kier molecular flexibility index (Phi) is 4.84. The Balaban J connectivity index is 1.66. The third kappa shape index (κ3) is 3.89. The van der Waals surface area contributed by atoms with Gasteiger partial charge in [0.2, 0.25) is 0 Å². The van der Waals surface area contributed by atoms with Gasteiger partial charge < -0.3 is 10.1 Å². The molecule has 0 atom stereocenters. The van der Waals surface area contributed by atoms with Crippen LogP contribution in [0.15, 0.2) is 61.1 Å². The van der Waals surface area contributed by atoms with E-state index in [9.17, 15) is 9.59 Å². The number of anilines is 1. The second kappa shape index (κ2) is 7.39. The van der Waals surface area contributed by atoms with Crippen LogP contribution in [-0.4, -0.2) is 33.2 Å². The highest BCUT2D eigenvalue weighted by molar-refractivity contribution is 6.04. The molecule has 3 rings (SSSR count). The lowest BCUT2D eigenvalue weighted by Crippen LogP contribution is -2.13. The molecule has 0 saturated carbocycles. The van der Waals surface area contributed by atoms with Gasteiger partial charge in [-0.2, -0.15) is 5.10 Å². The third-order valence-electron chi connectivity index (χ3n) is 3.40. The number of hydrogen-bond acceptors (Lipinski definition) is 5. The summed E-state index contributed by atoms with van der Waals surface area (Å²) in [4.78, 5) is 28.1. The SMILES string of the molecule is CCOC(=O)c1ccc(NC(=O)c2ccc(-n3cccn3)nc2)cc1. The molecule has 0 unspecified atom stereocenters. The van der Waals surface area contributed by atoms with E-state index >= 15 is 0 Å². The lowest BCUT2D eigenvalue weighted by Gasteiger charge is -2.07. The molecule has 0 aliphatic carbocycles. The number of carbonyl (C=O) groups is 2. The van der Waals surface area contributed by atoms with E-state index in [1.807, 2.05) is 0 Å². The second-order valence-electron chi connectivity index (χ2n) is 5.11. The van der Waals surface area contributed by atoms with Crippen molar-refractivity contribution in [1.82, 2.24) is 14.8 Å². The molecule has 3 aromatic rings. The number of benzene rings is 1. The van der Waals surface area contributed by atoms with Crippen LogP contribution >= 0.6 is 0 Å². The number of hydrogen-bond donors (Lipinski definition) is 1. The van der Waals surface area contributed by atoms with Gasteiger partial charge in [0, 0.05) is 24.3 Å². The minimum Gasteiger partial charge on any atom is -0.462 e. The summed E-state index contributed by atoms with van der Waals surface area (Å²) in [6.07, 6.45) is 4.91. The van der Waals surface area contributed by atoms with Crippen molar-refractivity contribution in [3.63, 3.8) is 0 Å². The zero-order valence-electron chi connectivity index (χ0n) is 13.5. The maximum absolute atomic E-state index is 12.3. The van der Waals surface area contributed by atoms with E-state index in [-0.39, 0.29) is 5.91 Å². The van der Waals surface area contributed by atoms with E-state index < -0.39 is 5.97 Å². The molecule has 126 valence electrons. The molecule has 0 bridgehead atoms. The molecule has 1 aromatic carbocycles. The molecule has 0 radical (unpaired) electrons. The maximum Gasteiger partial charge on any atom is 0.338 e. The quantitative estimate of drug-likeness (QED) is 0.724. The van der Waals surface area contributed by atoms with E-state index in [1.165, 1.54) is 6.20 Å². The van der Waals surface area contributed by atoms with Gasteiger partial charge >= 0.3 is 5.97 Å². The fraction of sp³-hybridized carbons (Fsp3) is 0.111. The van der Waals surface area contributed by atoms with Crippen molar-refractivity contribution in [3.05, 3.63) is 72.2 Å². The Morgan fingerprint density at radius 2 is 1.88 bits per heavy atom. The first-order valence-electron chi connectivity index (χ1n) is 7.72. The van der Waals surface area contributed by atoms with Crippen LogP contribution in [0.5, 0.6) is 0 Å². The van der Waals surface area contributed by atoms with E-state index in [1.54, 1.807) is 66.5 Å². The number of pyridine rings is 1. The normalized spacial score (nSPS) is 10.3. The molecule has 0 aliphatic rings. The van der Waals surface area contributed by atoms with Gasteiger partial charge in [0.25, 0.3) is 5.91 Å². The monoisotopic (exact) mass is 336 g/mol. The summed E-state index contributed by atoms with van der Waals surface area (Å²) in [5, 5.41) is 6.84. The molecule has 7 heteroatoms. The lowest BCUT2D eigenvalue weighted by molar-refractivity contribution is 0.0526. The zero-order chi connectivity index (χ0) is 17.6. The van der Waals surface area contributed by atoms with Crippen molar-refractivity contribution >= 4 is 17.6 Å². The fourth-order valence-electron chi connectivity index (χ4n) is 2.17. The van der Waals surface area contributed by atoms with Crippen LogP contribution < -0.4 is 5.32 Å². The highest BCUT2D eigenvalue weighted by atomic mass is 16.5. The van der Waals surface area contributed by atoms with Crippen molar-refractivity contribution in [2.75, 3.05) is 11.9 Å². The van der Waals surface area contributed by atoms with Crippen molar-refractivity contribution in [1.29, 1.82) is 0 Å². The second-order valence-corrected chi connectivity index (χ2v) is 5.11. The van der Waals surface area contributed by atoms with Gasteiger partial charge in [0.05, 0.1) is 17.7 Å². The molecule has 7 nitrogen and oxygen atoms in total. The van der Waals surface area contributed by atoms with E-state index in [4.69, 9.17) is 4.74 Å². The number of nitrogens with one attached hydrogen (secondary N) is 1. The van der Waals surface area contributed by atoms with Crippen LogP contribution in [0.25, 0.3) is 5.82 Å². The summed E-state index contributed by atoms with van der Waals surface area (Å²) in [5.41, 5.74) is 1.43. The predicted molar refractivity (Wildman–Crippen MR) is 91.7 cm³/mol. The number of aromatic nitrogens is 3. The highest BCUT2D eigenvalue weighted by Crippen LogP contribution is 2.13. The summed E-state index contributed by atoms with van der Waals surface area (Å²) in [6.45, 7) is 2.07.